The molecule has 28 heavy (non-hydrogen) atoms. The smallest absolute Gasteiger partial charge is 0.308 e. The third-order valence-electron chi connectivity index (χ3n) is 4.86. The van der Waals surface area contributed by atoms with Gasteiger partial charge in [-0.1, -0.05) is 19.0 Å². The Morgan fingerprint density at radius 2 is 2.18 bits per heavy atom. The molecule has 4 rings (SSSR count). The minimum absolute atomic E-state index is 0.0667. The summed E-state index contributed by atoms with van der Waals surface area (Å²) in [7, 11) is 0. The first kappa shape index (κ1) is 18.8. The van der Waals surface area contributed by atoms with Crippen molar-refractivity contribution >= 4 is 27.5 Å². The van der Waals surface area contributed by atoms with Gasteiger partial charge in [0.25, 0.3) is 11.4 Å². The largest absolute Gasteiger partial charge is 0.456 e. The predicted octanol–water partition coefficient (Wildman–Crippen LogP) is 2.98. The Hall–Kier alpha value is -2.55. The van der Waals surface area contributed by atoms with Gasteiger partial charge in [-0.25, -0.2) is 4.98 Å². The molecule has 0 fully saturated rings. The topological polar surface area (TPSA) is 100 Å². The fourth-order valence-corrected chi connectivity index (χ4v) is 4.55. The van der Waals surface area contributed by atoms with Gasteiger partial charge in [0, 0.05) is 17.3 Å². The summed E-state index contributed by atoms with van der Waals surface area (Å²) in [6.45, 7) is 4.07. The Labute approximate surface area is 165 Å². The van der Waals surface area contributed by atoms with Gasteiger partial charge >= 0.3 is 5.97 Å². The van der Waals surface area contributed by atoms with Crippen LogP contribution in [-0.2, 0) is 35.5 Å². The first-order valence-electron chi connectivity index (χ1n) is 9.50. The molecule has 0 saturated carbocycles. The van der Waals surface area contributed by atoms with Gasteiger partial charge in [-0.15, -0.1) is 11.3 Å². The van der Waals surface area contributed by atoms with Crippen LogP contribution in [0.2, 0.25) is 0 Å². The number of nitrogens with zero attached hydrogens (tertiary/aromatic N) is 4. The quantitative estimate of drug-likeness (QED) is 0.584. The van der Waals surface area contributed by atoms with Crippen LogP contribution in [0.1, 0.15) is 61.2 Å². The molecule has 3 aromatic heterocycles. The summed E-state index contributed by atoms with van der Waals surface area (Å²) in [4.78, 5) is 35.6. The van der Waals surface area contributed by atoms with Gasteiger partial charge in [0.15, 0.2) is 12.4 Å². The molecule has 1 aliphatic carbocycles. The SMILES string of the molecule is CC(C)c1noc(COC(=O)CCn2cnc3sc4c(c3c2=O)CCCC4)n1. The molecule has 0 unspecified atom stereocenters. The number of carbonyl (C=O) groups excluding carboxylic acids is 1. The zero-order valence-electron chi connectivity index (χ0n) is 15.9. The lowest BCUT2D eigenvalue weighted by atomic mass is 9.97. The summed E-state index contributed by atoms with van der Waals surface area (Å²) in [5.41, 5.74) is 1.08. The van der Waals surface area contributed by atoms with Crippen molar-refractivity contribution < 1.29 is 14.1 Å². The molecule has 0 N–H and O–H groups in total. The maximum absolute atomic E-state index is 12.9. The first-order valence-corrected chi connectivity index (χ1v) is 10.3. The monoisotopic (exact) mass is 402 g/mol. The average Bonchev–Trinajstić information content (AvgIpc) is 3.30. The van der Waals surface area contributed by atoms with Gasteiger partial charge < -0.3 is 9.26 Å². The van der Waals surface area contributed by atoms with Crippen LogP contribution in [0.5, 0.6) is 0 Å². The van der Waals surface area contributed by atoms with Crippen LogP contribution >= 0.6 is 11.3 Å². The number of aromatic nitrogens is 4. The van der Waals surface area contributed by atoms with E-state index in [-0.39, 0.29) is 36.9 Å². The fraction of sp³-hybridized carbons (Fsp3) is 0.526. The van der Waals surface area contributed by atoms with E-state index < -0.39 is 5.97 Å². The second-order valence-corrected chi connectivity index (χ2v) is 8.33. The minimum Gasteiger partial charge on any atom is -0.456 e. The number of rotatable bonds is 6. The first-order chi connectivity index (χ1) is 13.5. The molecule has 0 aliphatic heterocycles. The molecule has 3 heterocycles. The summed E-state index contributed by atoms with van der Waals surface area (Å²) in [6.07, 6.45) is 5.82. The zero-order valence-corrected chi connectivity index (χ0v) is 16.8. The number of hydrogen-bond acceptors (Lipinski definition) is 8. The lowest BCUT2D eigenvalue weighted by Crippen LogP contribution is -2.23. The fourth-order valence-electron chi connectivity index (χ4n) is 3.33. The molecule has 8 nitrogen and oxygen atoms in total. The second kappa shape index (κ2) is 7.83. The number of hydrogen-bond donors (Lipinski definition) is 0. The molecule has 0 saturated heterocycles. The maximum atomic E-state index is 12.9. The van der Waals surface area contributed by atoms with Crippen LogP contribution in [0.4, 0.5) is 0 Å². The Morgan fingerprint density at radius 1 is 1.36 bits per heavy atom. The van der Waals surface area contributed by atoms with E-state index in [1.807, 2.05) is 13.8 Å². The molecule has 0 bridgehead atoms. The van der Waals surface area contributed by atoms with E-state index in [4.69, 9.17) is 9.26 Å². The normalized spacial score (nSPS) is 13.8. The molecular formula is C19H22N4O4S. The van der Waals surface area contributed by atoms with Crippen molar-refractivity contribution in [2.45, 2.75) is 65.0 Å². The van der Waals surface area contributed by atoms with Crippen molar-refractivity contribution in [3.8, 4) is 0 Å². The third-order valence-corrected chi connectivity index (χ3v) is 6.06. The Bertz CT molecular complexity index is 1070. The van der Waals surface area contributed by atoms with Crippen LogP contribution in [0.25, 0.3) is 10.2 Å². The van der Waals surface area contributed by atoms with Crippen molar-refractivity contribution in [1.82, 2.24) is 19.7 Å². The van der Waals surface area contributed by atoms with E-state index in [0.717, 1.165) is 35.0 Å². The number of fused-ring (bicyclic) bond motifs is 3. The minimum atomic E-state index is -0.427. The van der Waals surface area contributed by atoms with Gasteiger partial charge in [0.05, 0.1) is 18.1 Å². The highest BCUT2D eigenvalue weighted by Crippen LogP contribution is 2.33. The van der Waals surface area contributed by atoms with Crippen LogP contribution < -0.4 is 5.56 Å². The van der Waals surface area contributed by atoms with Gasteiger partial charge in [-0.05, 0) is 31.2 Å². The van der Waals surface area contributed by atoms with Crippen LogP contribution in [0, 0.1) is 0 Å². The maximum Gasteiger partial charge on any atom is 0.308 e. The molecule has 0 spiro atoms. The summed E-state index contributed by atoms with van der Waals surface area (Å²) >= 11 is 1.62. The van der Waals surface area contributed by atoms with Gasteiger partial charge in [0.1, 0.15) is 4.83 Å². The highest BCUT2D eigenvalue weighted by molar-refractivity contribution is 7.18. The molecule has 0 atom stereocenters. The molecular weight excluding hydrogens is 380 g/mol. The highest BCUT2D eigenvalue weighted by atomic mass is 32.1. The van der Waals surface area contributed by atoms with E-state index in [9.17, 15) is 9.59 Å². The summed E-state index contributed by atoms with van der Waals surface area (Å²) < 4.78 is 11.7. The van der Waals surface area contributed by atoms with Crippen molar-refractivity contribution in [3.63, 3.8) is 0 Å². The Morgan fingerprint density at radius 3 is 2.96 bits per heavy atom. The Kier molecular flexibility index (Phi) is 5.25. The van der Waals surface area contributed by atoms with E-state index in [0.29, 0.717) is 5.82 Å². The van der Waals surface area contributed by atoms with Crippen LogP contribution in [-0.4, -0.2) is 25.7 Å². The Balaban J connectivity index is 1.40. The predicted molar refractivity (Wildman–Crippen MR) is 103 cm³/mol. The lowest BCUT2D eigenvalue weighted by molar-refractivity contribution is -0.146. The van der Waals surface area contributed by atoms with Crippen molar-refractivity contribution in [1.29, 1.82) is 0 Å². The lowest BCUT2D eigenvalue weighted by Gasteiger charge is -2.10. The molecule has 0 amide bonds. The number of thiophene rings is 1. The third kappa shape index (κ3) is 3.71. The van der Waals surface area contributed by atoms with E-state index >= 15 is 0 Å². The van der Waals surface area contributed by atoms with Crippen molar-refractivity contribution in [2.75, 3.05) is 0 Å². The van der Waals surface area contributed by atoms with Crippen LogP contribution in [0.15, 0.2) is 15.6 Å². The summed E-state index contributed by atoms with van der Waals surface area (Å²) in [5.74, 6) is 0.562. The number of esters is 1. The standard InChI is InChI=1S/C19H22N4O4S/c1-11(2)17-21-14(27-22-17)9-26-15(24)7-8-23-10-20-18-16(19(23)25)12-5-3-4-6-13(12)28-18/h10-11H,3-9H2,1-2H3. The van der Waals surface area contributed by atoms with E-state index in [1.54, 1.807) is 11.3 Å². The average molecular weight is 402 g/mol. The molecule has 1 aliphatic rings. The number of ether oxygens (including phenoxy) is 1. The van der Waals surface area contributed by atoms with Crippen molar-refractivity contribution in [2.24, 2.45) is 0 Å². The molecule has 148 valence electrons. The highest BCUT2D eigenvalue weighted by Gasteiger charge is 2.20. The van der Waals surface area contributed by atoms with Crippen LogP contribution in [0.3, 0.4) is 0 Å². The van der Waals surface area contributed by atoms with E-state index in [2.05, 4.69) is 15.1 Å². The van der Waals surface area contributed by atoms with Crippen molar-refractivity contribution in [3.05, 3.63) is 38.8 Å². The molecule has 9 heteroatoms. The molecule has 3 aromatic rings. The zero-order chi connectivity index (χ0) is 19.7. The van der Waals surface area contributed by atoms with E-state index in [1.165, 1.54) is 22.2 Å². The van der Waals surface area contributed by atoms with Gasteiger partial charge in [0.2, 0.25) is 0 Å². The second-order valence-electron chi connectivity index (χ2n) is 7.25. The molecule has 0 radical (unpaired) electrons. The van der Waals surface area contributed by atoms with Gasteiger partial charge in [-0.2, -0.15) is 4.98 Å². The number of carbonyl (C=O) groups is 1. The summed E-state index contributed by atoms with van der Waals surface area (Å²) in [6, 6.07) is 0. The molecule has 0 aromatic carbocycles. The number of aryl methyl sites for hydroxylation is 3. The van der Waals surface area contributed by atoms with Gasteiger partial charge in [-0.3, -0.25) is 14.2 Å². The summed E-state index contributed by atoms with van der Waals surface area (Å²) in [5, 5.41) is 4.55.